The van der Waals surface area contributed by atoms with E-state index in [0.717, 1.165) is 96.3 Å². The van der Waals surface area contributed by atoms with Crippen LogP contribution in [0.25, 0.3) is 0 Å². The van der Waals surface area contributed by atoms with Crippen LogP contribution in [0.3, 0.4) is 0 Å². The van der Waals surface area contributed by atoms with Crippen molar-refractivity contribution in [2.24, 2.45) is 0 Å². The summed E-state index contributed by atoms with van der Waals surface area (Å²) in [7, 11) is 0. The van der Waals surface area contributed by atoms with Gasteiger partial charge in [-0.3, -0.25) is 14.4 Å². The van der Waals surface area contributed by atoms with Crippen molar-refractivity contribution in [3.63, 3.8) is 0 Å². The lowest BCUT2D eigenvalue weighted by atomic mass is 10.0. The van der Waals surface area contributed by atoms with Crippen molar-refractivity contribution in [2.45, 2.75) is 245 Å². The highest BCUT2D eigenvalue weighted by Gasteiger charge is 2.19. The molecule has 1 atom stereocenters. The third kappa shape index (κ3) is 59.8. The van der Waals surface area contributed by atoms with Crippen LogP contribution in [0.5, 0.6) is 0 Å². The zero-order valence-corrected chi connectivity index (χ0v) is 48.0. The van der Waals surface area contributed by atoms with Gasteiger partial charge in [-0.25, -0.2) is 0 Å². The van der Waals surface area contributed by atoms with Crippen LogP contribution in [-0.2, 0) is 28.6 Å². The Morgan fingerprint density at radius 3 is 0.893 bits per heavy atom. The predicted molar refractivity (Wildman–Crippen MR) is 325 cm³/mol. The number of hydrogen-bond acceptors (Lipinski definition) is 6. The lowest BCUT2D eigenvalue weighted by Gasteiger charge is -2.18. The molecule has 0 spiro atoms. The molecule has 0 aromatic heterocycles. The van der Waals surface area contributed by atoms with Gasteiger partial charge in [0.2, 0.25) is 0 Å². The van der Waals surface area contributed by atoms with Gasteiger partial charge in [0.05, 0.1) is 6.42 Å². The van der Waals surface area contributed by atoms with Crippen LogP contribution in [0.15, 0.2) is 158 Å². The smallest absolute Gasteiger partial charge is 0.310 e. The van der Waals surface area contributed by atoms with E-state index in [1.165, 1.54) is 89.9 Å². The van der Waals surface area contributed by atoms with Crippen molar-refractivity contribution in [3.05, 3.63) is 158 Å². The third-order valence-corrected chi connectivity index (χ3v) is 12.1. The number of hydrogen-bond donors (Lipinski definition) is 0. The zero-order chi connectivity index (χ0) is 54.3. The van der Waals surface area contributed by atoms with Gasteiger partial charge in [-0.15, -0.1) is 0 Å². The van der Waals surface area contributed by atoms with Gasteiger partial charge >= 0.3 is 17.9 Å². The molecular formula is C69H108O6. The molecule has 420 valence electrons. The average molecular weight is 1030 g/mol. The first-order valence-corrected chi connectivity index (χ1v) is 30.0. The molecule has 6 heteroatoms. The molecule has 0 radical (unpaired) electrons. The van der Waals surface area contributed by atoms with E-state index in [1.54, 1.807) is 6.08 Å². The number of carbonyl (C=O) groups is 3. The molecular weight excluding hydrogens is 925 g/mol. The van der Waals surface area contributed by atoms with E-state index >= 15 is 0 Å². The van der Waals surface area contributed by atoms with E-state index in [4.69, 9.17) is 14.2 Å². The lowest BCUT2D eigenvalue weighted by molar-refractivity contribution is -0.166. The number of rotatable bonds is 52. The Kier molecular flexibility index (Phi) is 57.5. The summed E-state index contributed by atoms with van der Waals surface area (Å²) < 4.78 is 16.7. The van der Waals surface area contributed by atoms with Crippen molar-refractivity contribution in [3.8, 4) is 0 Å². The fourth-order valence-corrected chi connectivity index (χ4v) is 7.70. The summed E-state index contributed by atoms with van der Waals surface area (Å²) >= 11 is 0. The number of ether oxygens (including phenoxy) is 3. The van der Waals surface area contributed by atoms with Crippen molar-refractivity contribution < 1.29 is 28.6 Å². The highest BCUT2D eigenvalue weighted by Crippen LogP contribution is 2.15. The maximum Gasteiger partial charge on any atom is 0.310 e. The van der Waals surface area contributed by atoms with Gasteiger partial charge in [0.1, 0.15) is 13.2 Å². The third-order valence-electron chi connectivity index (χ3n) is 12.1. The van der Waals surface area contributed by atoms with Crippen LogP contribution in [0.2, 0.25) is 0 Å². The number of carbonyl (C=O) groups excluding carboxylic acids is 3. The highest BCUT2D eigenvalue weighted by atomic mass is 16.6. The molecule has 0 aliphatic carbocycles. The molecule has 0 amide bonds. The second-order valence-electron chi connectivity index (χ2n) is 19.1. The molecule has 0 saturated heterocycles. The quantitative estimate of drug-likeness (QED) is 0.0261. The lowest BCUT2D eigenvalue weighted by Crippen LogP contribution is -2.30. The monoisotopic (exact) mass is 1030 g/mol. The SMILES string of the molecule is CC/C=C\C/C=C\C/C=C\C/C=C\C/C=C\CC(=O)OC(COC(=O)CC/C=C\C/C=C\C/C=C\C/C=C\CC)COC(=O)CCCCCCCCCCCCCCCCCC/C=C\C/C=C\C/C=C\C/C=C\CC. The van der Waals surface area contributed by atoms with Crippen LogP contribution in [0.4, 0.5) is 0 Å². The van der Waals surface area contributed by atoms with E-state index < -0.39 is 12.1 Å². The van der Waals surface area contributed by atoms with Gasteiger partial charge in [0, 0.05) is 12.8 Å². The van der Waals surface area contributed by atoms with Gasteiger partial charge in [0.15, 0.2) is 6.10 Å². The van der Waals surface area contributed by atoms with Gasteiger partial charge in [0.25, 0.3) is 0 Å². The molecule has 6 nitrogen and oxygen atoms in total. The van der Waals surface area contributed by atoms with Crippen molar-refractivity contribution in [2.75, 3.05) is 13.2 Å². The Morgan fingerprint density at radius 2 is 0.547 bits per heavy atom. The van der Waals surface area contributed by atoms with E-state index in [9.17, 15) is 14.4 Å². The highest BCUT2D eigenvalue weighted by molar-refractivity contribution is 5.72. The number of allylic oxidation sites excluding steroid dienone is 25. The second-order valence-corrected chi connectivity index (χ2v) is 19.1. The normalized spacial score (nSPS) is 13.3. The fourth-order valence-electron chi connectivity index (χ4n) is 7.70. The molecule has 0 aliphatic rings. The maximum atomic E-state index is 12.8. The first-order valence-electron chi connectivity index (χ1n) is 30.0. The zero-order valence-electron chi connectivity index (χ0n) is 48.0. The summed E-state index contributed by atoms with van der Waals surface area (Å²) in [4.78, 5) is 38.0. The number of esters is 3. The summed E-state index contributed by atoms with van der Waals surface area (Å²) in [6.07, 6.45) is 90.2. The van der Waals surface area contributed by atoms with E-state index in [-0.39, 0.29) is 38.0 Å². The van der Waals surface area contributed by atoms with Crippen molar-refractivity contribution in [1.82, 2.24) is 0 Å². The van der Waals surface area contributed by atoms with E-state index in [0.29, 0.717) is 19.3 Å². The molecule has 0 N–H and O–H groups in total. The Hall–Kier alpha value is -4.97. The number of unbranched alkanes of at least 4 members (excludes halogenated alkanes) is 16. The molecule has 0 aromatic rings. The van der Waals surface area contributed by atoms with Gasteiger partial charge in [-0.1, -0.05) is 269 Å². The Balaban J connectivity index is 4.35. The maximum absolute atomic E-state index is 12.8. The fraction of sp³-hybridized carbons (Fsp3) is 0.580. The second kappa shape index (κ2) is 61.6. The van der Waals surface area contributed by atoms with Crippen LogP contribution < -0.4 is 0 Å². The molecule has 0 saturated carbocycles. The first kappa shape index (κ1) is 70.0. The van der Waals surface area contributed by atoms with E-state index in [2.05, 4.69) is 154 Å². The first-order chi connectivity index (χ1) is 37.0. The Morgan fingerprint density at radius 1 is 0.280 bits per heavy atom. The summed E-state index contributed by atoms with van der Waals surface area (Å²) in [6, 6.07) is 0. The standard InChI is InChI=1S/C69H108O6/c1-4-7-10-13-16-19-22-25-27-28-29-30-31-32-33-34-35-36-37-38-39-40-42-44-47-50-53-56-59-62-68(71)74-65-66(64-73-67(70)61-58-55-52-49-46-43-24-21-18-15-12-9-6-3)75-69(72)63-60-57-54-51-48-45-41-26-23-20-17-14-11-8-5-2/h7-12,16-21,25-27,29-30,41,43,46,48,51-52,55,57,60,66H,4-6,13-15,22-24,28,31-40,42,44-45,47,49-50,53-54,56,58-59,61-65H2,1-3H3/b10-7-,11-8-,12-9-,19-16-,20-17-,21-18-,27-25-,30-29-,41-26-,46-43-,51-48-,55-52-,60-57-. The van der Waals surface area contributed by atoms with Gasteiger partial charge in [-0.2, -0.15) is 0 Å². The molecule has 0 aromatic carbocycles. The predicted octanol–water partition coefficient (Wildman–Crippen LogP) is 20.5. The molecule has 0 rings (SSSR count). The minimum atomic E-state index is -0.867. The van der Waals surface area contributed by atoms with Crippen LogP contribution >= 0.6 is 0 Å². The minimum absolute atomic E-state index is 0.0764. The Labute approximate surface area is 460 Å². The summed E-state index contributed by atoms with van der Waals surface area (Å²) in [6.45, 7) is 6.14. The van der Waals surface area contributed by atoms with Crippen molar-refractivity contribution in [1.29, 1.82) is 0 Å². The van der Waals surface area contributed by atoms with Crippen molar-refractivity contribution >= 4 is 17.9 Å². The minimum Gasteiger partial charge on any atom is -0.462 e. The molecule has 1 unspecified atom stereocenters. The van der Waals surface area contributed by atoms with Gasteiger partial charge in [-0.05, 0) is 109 Å². The summed E-state index contributed by atoms with van der Waals surface area (Å²) in [5.74, 6) is -1.17. The molecule has 0 aliphatic heterocycles. The largest absolute Gasteiger partial charge is 0.462 e. The Bertz CT molecular complexity index is 1710. The molecule has 0 bridgehead atoms. The van der Waals surface area contributed by atoms with Gasteiger partial charge < -0.3 is 14.2 Å². The molecule has 0 heterocycles. The molecule has 0 fully saturated rings. The topological polar surface area (TPSA) is 78.9 Å². The van der Waals surface area contributed by atoms with E-state index in [1.807, 2.05) is 18.2 Å². The average Bonchev–Trinajstić information content (AvgIpc) is 3.41. The summed E-state index contributed by atoms with van der Waals surface area (Å²) in [5, 5.41) is 0. The summed E-state index contributed by atoms with van der Waals surface area (Å²) in [5.41, 5.74) is 0. The molecule has 75 heavy (non-hydrogen) atoms. The van der Waals surface area contributed by atoms with Crippen LogP contribution in [-0.4, -0.2) is 37.2 Å². The van der Waals surface area contributed by atoms with Crippen LogP contribution in [0.1, 0.15) is 239 Å². The van der Waals surface area contributed by atoms with Crippen LogP contribution in [0, 0.1) is 0 Å².